The molecule has 1 aromatic heterocycles. The van der Waals surface area contributed by atoms with Crippen molar-refractivity contribution in [3.05, 3.63) is 141 Å². The molecule has 4 aromatic carbocycles. The second-order valence-electron chi connectivity index (χ2n) is 9.60. The summed E-state index contributed by atoms with van der Waals surface area (Å²) < 4.78 is 0. The van der Waals surface area contributed by atoms with Crippen LogP contribution < -0.4 is 10.4 Å². The number of hydrogen-bond acceptors (Lipinski definition) is 9. The molecule has 5 aromatic rings. The number of ketones is 1. The van der Waals surface area contributed by atoms with Crippen molar-refractivity contribution in [3.63, 3.8) is 0 Å². The van der Waals surface area contributed by atoms with E-state index in [1.54, 1.807) is 48.5 Å². The van der Waals surface area contributed by atoms with Crippen LogP contribution in [-0.2, 0) is 4.79 Å². The van der Waals surface area contributed by atoms with Gasteiger partial charge < -0.3 is 0 Å². The number of aryl methyl sites for hydroxylation is 1. The molecule has 1 amide bonds. The fraction of sp³-hybridized carbons (Fsp3) is 0.0312. The highest BCUT2D eigenvalue weighted by Gasteiger charge is 2.36. The number of carbonyl (C=O) groups is 2. The number of anilines is 2. The van der Waals surface area contributed by atoms with Crippen LogP contribution in [0.25, 0.3) is 11.3 Å². The Balaban J connectivity index is 1.29. The number of benzene rings is 4. The van der Waals surface area contributed by atoms with E-state index in [1.165, 1.54) is 40.6 Å². The normalized spacial score (nSPS) is 13.7. The summed E-state index contributed by atoms with van der Waals surface area (Å²) in [6.45, 7) is 2.00. The lowest BCUT2D eigenvalue weighted by Crippen LogP contribution is -2.28. The molecule has 10 nitrogen and oxygen atoms in total. The first-order valence-corrected chi connectivity index (χ1v) is 14.0. The molecule has 6 rings (SSSR count). The van der Waals surface area contributed by atoms with E-state index in [0.29, 0.717) is 33.2 Å². The molecule has 210 valence electrons. The predicted molar refractivity (Wildman–Crippen MR) is 167 cm³/mol. The topological polar surface area (TPSA) is 130 Å². The number of thiazole rings is 1. The molecule has 0 saturated carbocycles. The van der Waals surface area contributed by atoms with Gasteiger partial charge in [-0.25, -0.2) is 4.98 Å². The van der Waals surface area contributed by atoms with Crippen molar-refractivity contribution in [1.82, 2.24) is 4.98 Å². The van der Waals surface area contributed by atoms with Gasteiger partial charge in [0.25, 0.3) is 5.69 Å². The summed E-state index contributed by atoms with van der Waals surface area (Å²) in [5.74, 6) is -0.623. The van der Waals surface area contributed by atoms with Gasteiger partial charge in [0.1, 0.15) is 5.71 Å². The Hall–Kier alpha value is -5.81. The first-order valence-electron chi connectivity index (χ1n) is 13.1. The number of amides is 1. The number of hydrogen-bond donors (Lipinski definition) is 1. The Kier molecular flexibility index (Phi) is 7.37. The first kappa shape index (κ1) is 27.4. The van der Waals surface area contributed by atoms with Gasteiger partial charge in [0.2, 0.25) is 5.13 Å². The third-order valence-electron chi connectivity index (χ3n) is 6.67. The SMILES string of the molecule is Cc1ccc(-c2csc(N3N=C(c4ccc([N+](=O)[O-])cc4)/C(=N/Nc4ccc(C(=O)c5ccccc5)cc4)C3=O)n2)cc1. The van der Waals surface area contributed by atoms with Gasteiger partial charge >= 0.3 is 5.91 Å². The van der Waals surface area contributed by atoms with Crippen LogP contribution in [-0.4, -0.2) is 33.0 Å². The molecule has 0 atom stereocenters. The summed E-state index contributed by atoms with van der Waals surface area (Å²) in [4.78, 5) is 41.7. The van der Waals surface area contributed by atoms with Crippen molar-refractivity contribution < 1.29 is 14.5 Å². The molecule has 0 radical (unpaired) electrons. The molecule has 0 fully saturated rings. The van der Waals surface area contributed by atoms with Crippen LogP contribution in [0.15, 0.2) is 119 Å². The summed E-state index contributed by atoms with van der Waals surface area (Å²) in [6.07, 6.45) is 0. The van der Waals surface area contributed by atoms with Crippen LogP contribution in [0.5, 0.6) is 0 Å². The Morgan fingerprint density at radius 2 is 1.53 bits per heavy atom. The number of nitro benzene ring substituents is 1. The number of aromatic nitrogens is 1. The number of carbonyl (C=O) groups excluding carboxylic acids is 2. The molecule has 0 saturated heterocycles. The Bertz CT molecular complexity index is 1900. The number of rotatable bonds is 8. The largest absolute Gasteiger partial charge is 0.303 e. The lowest BCUT2D eigenvalue weighted by Gasteiger charge is -2.07. The van der Waals surface area contributed by atoms with Crippen LogP contribution >= 0.6 is 11.3 Å². The minimum atomic E-state index is -0.512. The number of hydrazone groups is 2. The quantitative estimate of drug-likeness (QED) is 0.126. The van der Waals surface area contributed by atoms with Crippen molar-refractivity contribution in [3.8, 4) is 11.3 Å². The van der Waals surface area contributed by atoms with Gasteiger partial charge in [0.15, 0.2) is 11.5 Å². The van der Waals surface area contributed by atoms with Gasteiger partial charge in [0, 0.05) is 39.8 Å². The number of nitrogens with one attached hydrogen (secondary N) is 1. The lowest BCUT2D eigenvalue weighted by atomic mass is 10.0. The summed E-state index contributed by atoms with van der Waals surface area (Å²) in [5, 5.41) is 23.5. The van der Waals surface area contributed by atoms with Gasteiger partial charge in [-0.1, -0.05) is 60.2 Å². The highest BCUT2D eigenvalue weighted by Crippen LogP contribution is 2.31. The molecule has 2 heterocycles. The van der Waals surface area contributed by atoms with E-state index in [2.05, 4.69) is 20.6 Å². The summed E-state index contributed by atoms with van der Waals surface area (Å²) in [5.41, 5.74) is 7.87. The van der Waals surface area contributed by atoms with Gasteiger partial charge in [0.05, 0.1) is 16.3 Å². The zero-order valence-electron chi connectivity index (χ0n) is 22.7. The van der Waals surface area contributed by atoms with Crippen LogP contribution in [0.3, 0.4) is 0 Å². The minimum absolute atomic E-state index is 0.00498. The molecular formula is C32H22N6O4S. The van der Waals surface area contributed by atoms with E-state index < -0.39 is 10.8 Å². The predicted octanol–water partition coefficient (Wildman–Crippen LogP) is 6.48. The number of non-ortho nitro benzene ring substituents is 1. The Morgan fingerprint density at radius 1 is 0.884 bits per heavy atom. The zero-order valence-corrected chi connectivity index (χ0v) is 23.5. The average molecular weight is 587 g/mol. The van der Waals surface area contributed by atoms with Crippen molar-refractivity contribution in [2.24, 2.45) is 10.2 Å². The van der Waals surface area contributed by atoms with Crippen molar-refractivity contribution >= 4 is 51.0 Å². The lowest BCUT2D eigenvalue weighted by molar-refractivity contribution is -0.384. The summed E-state index contributed by atoms with van der Waals surface area (Å²) in [7, 11) is 0. The van der Waals surface area contributed by atoms with E-state index in [0.717, 1.165) is 11.1 Å². The summed E-state index contributed by atoms with van der Waals surface area (Å²) in [6, 6.07) is 29.3. The van der Waals surface area contributed by atoms with Gasteiger partial charge in [-0.05, 0) is 43.3 Å². The van der Waals surface area contributed by atoms with E-state index >= 15 is 0 Å². The molecule has 1 N–H and O–H groups in total. The fourth-order valence-corrected chi connectivity index (χ4v) is 5.13. The molecular weight excluding hydrogens is 564 g/mol. The van der Waals surface area contributed by atoms with Crippen LogP contribution in [0.4, 0.5) is 16.5 Å². The van der Waals surface area contributed by atoms with E-state index in [4.69, 9.17) is 0 Å². The molecule has 11 heteroatoms. The van der Waals surface area contributed by atoms with E-state index in [-0.39, 0.29) is 22.9 Å². The first-order chi connectivity index (χ1) is 20.9. The molecule has 1 aliphatic rings. The Morgan fingerprint density at radius 3 is 2.21 bits per heavy atom. The van der Waals surface area contributed by atoms with E-state index in [1.807, 2.05) is 42.6 Å². The van der Waals surface area contributed by atoms with Gasteiger partial charge in [-0.2, -0.15) is 15.2 Å². The monoisotopic (exact) mass is 586 g/mol. The second-order valence-corrected chi connectivity index (χ2v) is 10.4. The third-order valence-corrected chi connectivity index (χ3v) is 7.49. The maximum absolute atomic E-state index is 13.6. The zero-order chi connectivity index (χ0) is 29.9. The standard InChI is InChI=1S/C32H22N6O4S/c1-20-7-9-21(10-8-20)27-19-43-32(33-27)37-31(40)29(28(36-37)22-13-17-26(18-14-22)38(41)42)35-34-25-15-11-24(12-16-25)30(39)23-5-3-2-4-6-23/h2-19,34H,1H3/b35-29-. The van der Waals surface area contributed by atoms with Crippen molar-refractivity contribution in [2.75, 3.05) is 10.4 Å². The fourth-order valence-electron chi connectivity index (χ4n) is 4.35. The molecule has 0 bridgehead atoms. The number of nitro groups is 1. The maximum atomic E-state index is 13.6. The van der Waals surface area contributed by atoms with Gasteiger partial charge in [-0.3, -0.25) is 25.1 Å². The third kappa shape index (κ3) is 5.69. The van der Waals surface area contributed by atoms with Gasteiger partial charge in [-0.15, -0.1) is 11.3 Å². The van der Waals surface area contributed by atoms with Crippen LogP contribution in [0.1, 0.15) is 27.0 Å². The molecule has 0 unspecified atom stereocenters. The highest BCUT2D eigenvalue weighted by atomic mass is 32.1. The Labute approximate surface area is 249 Å². The molecule has 0 spiro atoms. The maximum Gasteiger partial charge on any atom is 0.303 e. The molecule has 0 aliphatic carbocycles. The smallest absolute Gasteiger partial charge is 0.289 e. The second kappa shape index (κ2) is 11.6. The minimum Gasteiger partial charge on any atom is -0.289 e. The number of nitrogens with zero attached hydrogens (tertiary/aromatic N) is 5. The molecule has 1 aliphatic heterocycles. The van der Waals surface area contributed by atoms with Crippen LogP contribution in [0.2, 0.25) is 0 Å². The highest BCUT2D eigenvalue weighted by molar-refractivity contribution is 7.14. The molecule has 43 heavy (non-hydrogen) atoms. The van der Waals surface area contributed by atoms with Crippen molar-refractivity contribution in [2.45, 2.75) is 6.92 Å². The van der Waals surface area contributed by atoms with Crippen molar-refractivity contribution in [1.29, 1.82) is 0 Å². The average Bonchev–Trinajstić information content (AvgIpc) is 3.65. The van der Waals surface area contributed by atoms with E-state index in [9.17, 15) is 19.7 Å². The summed E-state index contributed by atoms with van der Waals surface area (Å²) >= 11 is 1.26. The van der Waals surface area contributed by atoms with Crippen LogP contribution in [0, 0.1) is 17.0 Å².